The molecule has 0 heterocycles. The monoisotopic (exact) mass is 184 g/mol. The summed E-state index contributed by atoms with van der Waals surface area (Å²) in [7, 11) is 2.15. The molecule has 0 unspecified atom stereocenters. The zero-order valence-electron chi connectivity index (χ0n) is 10.1. The fourth-order valence-electron chi connectivity index (χ4n) is 1.29. The molecule has 0 spiro atoms. The Morgan fingerprint density at radius 3 is 2.31 bits per heavy atom. The summed E-state index contributed by atoms with van der Waals surface area (Å²) in [6.45, 7) is 10.3. The van der Waals surface area contributed by atoms with Crippen LogP contribution in [0.3, 0.4) is 0 Å². The lowest BCUT2D eigenvalue weighted by molar-refractivity contribution is -0.490. The Bertz CT molecular complexity index is 157. The second-order valence-electron chi connectivity index (χ2n) is 4.73. The van der Waals surface area contributed by atoms with Crippen LogP contribution in [0.1, 0.15) is 53.4 Å². The van der Waals surface area contributed by atoms with E-state index in [2.05, 4.69) is 45.5 Å². The lowest BCUT2D eigenvalue weighted by atomic mass is 9.84. The van der Waals surface area contributed by atoms with Gasteiger partial charge in [0.1, 0.15) is 19.8 Å². The Hall–Kier alpha value is -0.330. The van der Waals surface area contributed by atoms with Gasteiger partial charge in [-0.3, -0.25) is 0 Å². The smallest absolute Gasteiger partial charge is 0.139 e. The predicted molar refractivity (Wildman–Crippen MR) is 60.7 cm³/mol. The van der Waals surface area contributed by atoms with Gasteiger partial charge in [0, 0.05) is 6.42 Å². The Kier molecular flexibility index (Phi) is 6.02. The largest absolute Gasteiger partial charge is 0.243 e. The van der Waals surface area contributed by atoms with Gasteiger partial charge in [0.05, 0.1) is 0 Å². The zero-order valence-corrected chi connectivity index (χ0v) is 10.1. The third kappa shape index (κ3) is 6.80. The van der Waals surface area contributed by atoms with E-state index in [9.17, 15) is 0 Å². The van der Waals surface area contributed by atoms with Crippen LogP contribution in [0.4, 0.5) is 0 Å². The first-order valence-electron chi connectivity index (χ1n) is 5.55. The maximum Gasteiger partial charge on any atom is 0.139 e. The highest BCUT2D eigenvalue weighted by Gasteiger charge is 2.17. The molecule has 0 saturated carbocycles. The van der Waals surface area contributed by atoms with Crippen molar-refractivity contribution >= 4 is 6.21 Å². The number of nitrogens with zero attached hydrogens (tertiary/aromatic N) is 1. The van der Waals surface area contributed by atoms with Crippen LogP contribution < -0.4 is 0 Å². The van der Waals surface area contributed by atoms with E-state index in [0.717, 1.165) is 6.54 Å². The lowest BCUT2D eigenvalue weighted by Gasteiger charge is -2.21. The highest BCUT2D eigenvalue weighted by atomic mass is 14.9. The summed E-state index contributed by atoms with van der Waals surface area (Å²) in [5.74, 6) is 0. The molecule has 1 heteroatoms. The minimum atomic E-state index is 0.486. The third-order valence-electron chi connectivity index (χ3n) is 2.66. The van der Waals surface area contributed by atoms with Crippen LogP contribution in [0.2, 0.25) is 0 Å². The quantitative estimate of drug-likeness (QED) is 0.440. The zero-order chi connectivity index (χ0) is 10.3. The molecule has 0 bridgehead atoms. The molecular weight excluding hydrogens is 158 g/mol. The van der Waals surface area contributed by atoms with E-state index < -0.39 is 0 Å². The Morgan fingerprint density at radius 1 is 1.23 bits per heavy atom. The van der Waals surface area contributed by atoms with Crippen LogP contribution >= 0.6 is 0 Å². The topological polar surface area (TPSA) is 3.01 Å². The summed E-state index contributed by atoms with van der Waals surface area (Å²) in [4.78, 5) is 0. The summed E-state index contributed by atoms with van der Waals surface area (Å²) >= 11 is 0. The van der Waals surface area contributed by atoms with E-state index in [4.69, 9.17) is 0 Å². The molecule has 0 fully saturated rings. The van der Waals surface area contributed by atoms with Gasteiger partial charge in [-0.2, -0.15) is 0 Å². The molecule has 0 aromatic heterocycles. The van der Waals surface area contributed by atoms with Crippen LogP contribution in [0.5, 0.6) is 0 Å². The predicted octanol–water partition coefficient (Wildman–Crippen LogP) is 3.33. The van der Waals surface area contributed by atoms with Gasteiger partial charge in [0.2, 0.25) is 0 Å². The van der Waals surface area contributed by atoms with Crippen LogP contribution in [-0.2, 0) is 0 Å². The van der Waals surface area contributed by atoms with Crippen molar-refractivity contribution in [2.45, 2.75) is 53.4 Å². The number of unbranched alkanes of at least 4 members (excludes halogenated alkanes) is 1. The van der Waals surface area contributed by atoms with Gasteiger partial charge in [0.15, 0.2) is 0 Å². The van der Waals surface area contributed by atoms with E-state index in [1.54, 1.807) is 0 Å². The van der Waals surface area contributed by atoms with Gasteiger partial charge in [-0.25, -0.2) is 4.58 Å². The molecule has 0 aromatic carbocycles. The highest BCUT2D eigenvalue weighted by molar-refractivity contribution is 5.52. The molecule has 0 aliphatic heterocycles. The highest BCUT2D eigenvalue weighted by Crippen LogP contribution is 2.25. The molecule has 0 saturated heterocycles. The van der Waals surface area contributed by atoms with Crippen molar-refractivity contribution < 1.29 is 4.58 Å². The van der Waals surface area contributed by atoms with Crippen molar-refractivity contribution in [3.8, 4) is 0 Å². The molecule has 0 radical (unpaired) electrons. The molecule has 0 rings (SSSR count). The first-order valence-corrected chi connectivity index (χ1v) is 5.55. The van der Waals surface area contributed by atoms with Gasteiger partial charge in [-0.15, -0.1) is 0 Å². The fourth-order valence-corrected chi connectivity index (χ4v) is 1.29. The van der Waals surface area contributed by atoms with Crippen molar-refractivity contribution in [2.75, 3.05) is 13.6 Å². The van der Waals surface area contributed by atoms with Gasteiger partial charge in [-0.05, 0) is 18.8 Å². The minimum absolute atomic E-state index is 0.486. The molecule has 0 N–H and O–H groups in total. The van der Waals surface area contributed by atoms with Gasteiger partial charge < -0.3 is 0 Å². The van der Waals surface area contributed by atoms with Crippen molar-refractivity contribution in [3.63, 3.8) is 0 Å². The first kappa shape index (κ1) is 12.7. The van der Waals surface area contributed by atoms with E-state index >= 15 is 0 Å². The molecule has 0 atom stereocenters. The lowest BCUT2D eigenvalue weighted by Crippen LogP contribution is -2.16. The van der Waals surface area contributed by atoms with Crippen molar-refractivity contribution in [1.29, 1.82) is 0 Å². The van der Waals surface area contributed by atoms with Crippen LogP contribution in [0, 0.1) is 5.41 Å². The second kappa shape index (κ2) is 6.17. The van der Waals surface area contributed by atoms with E-state index in [-0.39, 0.29) is 0 Å². The molecule has 13 heavy (non-hydrogen) atoms. The maximum atomic E-state index is 2.36. The number of hydrogen-bond donors (Lipinski definition) is 0. The Labute approximate surface area is 83.9 Å². The SMILES string of the molecule is CCCCC(C)(C)C/C=[N+](/C)CC. The molecule has 1 nitrogen and oxygen atoms in total. The normalized spacial score (nSPS) is 13.5. The average molecular weight is 184 g/mol. The van der Waals surface area contributed by atoms with E-state index in [1.807, 2.05) is 0 Å². The van der Waals surface area contributed by atoms with E-state index in [0.29, 0.717) is 5.41 Å². The maximum absolute atomic E-state index is 2.36. The fraction of sp³-hybridized carbons (Fsp3) is 0.917. The van der Waals surface area contributed by atoms with Gasteiger partial charge in [0.25, 0.3) is 0 Å². The van der Waals surface area contributed by atoms with Crippen LogP contribution in [-0.4, -0.2) is 24.4 Å². The molecule has 0 aliphatic carbocycles. The summed E-state index contributed by atoms with van der Waals surface area (Å²) in [6, 6.07) is 0. The molecule has 78 valence electrons. The molecular formula is C12H26N+. The summed E-state index contributed by atoms with van der Waals surface area (Å²) in [6.07, 6.45) is 7.55. The van der Waals surface area contributed by atoms with Gasteiger partial charge >= 0.3 is 0 Å². The molecule has 0 aromatic rings. The number of rotatable bonds is 6. The summed E-state index contributed by atoms with van der Waals surface area (Å²) < 4.78 is 2.27. The van der Waals surface area contributed by atoms with Gasteiger partial charge in [-0.1, -0.05) is 33.6 Å². The van der Waals surface area contributed by atoms with Crippen LogP contribution in [0.15, 0.2) is 0 Å². The number of hydrogen-bond acceptors (Lipinski definition) is 0. The average Bonchev–Trinajstić information content (AvgIpc) is 2.11. The first-order chi connectivity index (χ1) is 6.02. The van der Waals surface area contributed by atoms with Crippen molar-refractivity contribution in [2.24, 2.45) is 5.41 Å². The van der Waals surface area contributed by atoms with E-state index in [1.165, 1.54) is 25.7 Å². The Morgan fingerprint density at radius 2 is 1.85 bits per heavy atom. The minimum Gasteiger partial charge on any atom is -0.243 e. The molecule has 0 amide bonds. The Balaban J connectivity index is 3.87. The second-order valence-corrected chi connectivity index (χ2v) is 4.73. The van der Waals surface area contributed by atoms with Crippen molar-refractivity contribution in [3.05, 3.63) is 0 Å². The standard InChI is InChI=1S/C12H26N/c1-6-8-9-12(3,4)10-11-13(5)7-2/h11H,6-10H2,1-5H3/q+1/b13-11-. The third-order valence-corrected chi connectivity index (χ3v) is 2.66. The van der Waals surface area contributed by atoms with Crippen LogP contribution in [0.25, 0.3) is 0 Å². The molecule has 0 aliphatic rings. The summed E-state index contributed by atoms with van der Waals surface area (Å²) in [5, 5.41) is 0. The van der Waals surface area contributed by atoms with Crippen molar-refractivity contribution in [1.82, 2.24) is 0 Å². The summed E-state index contributed by atoms with van der Waals surface area (Å²) in [5.41, 5.74) is 0.486.